The second kappa shape index (κ2) is 9.22. The smallest absolute Gasteiger partial charge is 0.0704 e. The van der Waals surface area contributed by atoms with Crippen LogP contribution in [0.1, 0.15) is 40.8 Å². The van der Waals surface area contributed by atoms with E-state index in [9.17, 15) is 0 Å². The first kappa shape index (κ1) is 20.8. The Morgan fingerprint density at radius 1 is 0.758 bits per heavy atom. The first-order valence-electron chi connectivity index (χ1n) is 11.4. The number of hydrogen-bond acceptors (Lipinski definition) is 1. The van der Waals surface area contributed by atoms with Crippen molar-refractivity contribution in [2.24, 2.45) is 0 Å². The highest BCUT2D eigenvalue weighted by Gasteiger charge is 2.17. The SMILES string of the molecule is CC1=CC(c2ccccc2/C=C/c2ccccc2-c2cc(C)c[nH]2)NC=C1c1ccccc1. The fourth-order valence-corrected chi connectivity index (χ4v) is 4.45. The summed E-state index contributed by atoms with van der Waals surface area (Å²) in [5.74, 6) is 0. The molecule has 0 saturated heterocycles. The Labute approximate surface area is 196 Å². The van der Waals surface area contributed by atoms with Crippen LogP contribution in [0.2, 0.25) is 0 Å². The third-order valence-corrected chi connectivity index (χ3v) is 6.19. The average molecular weight is 429 g/mol. The summed E-state index contributed by atoms with van der Waals surface area (Å²) in [5, 5.41) is 3.62. The van der Waals surface area contributed by atoms with E-state index in [1.54, 1.807) is 0 Å². The minimum absolute atomic E-state index is 0.139. The van der Waals surface area contributed by atoms with Gasteiger partial charge >= 0.3 is 0 Å². The molecule has 2 N–H and O–H groups in total. The van der Waals surface area contributed by atoms with E-state index in [-0.39, 0.29) is 6.04 Å². The zero-order valence-electron chi connectivity index (χ0n) is 19.0. The molecule has 1 aliphatic heterocycles. The Kier molecular flexibility index (Phi) is 5.82. The van der Waals surface area contributed by atoms with Gasteiger partial charge in [-0.05, 0) is 53.3 Å². The van der Waals surface area contributed by atoms with Crippen molar-refractivity contribution in [3.8, 4) is 11.3 Å². The molecule has 2 nitrogen and oxygen atoms in total. The van der Waals surface area contributed by atoms with Gasteiger partial charge in [-0.3, -0.25) is 0 Å². The van der Waals surface area contributed by atoms with Crippen LogP contribution in [0.5, 0.6) is 0 Å². The van der Waals surface area contributed by atoms with Crippen molar-refractivity contribution < 1.29 is 0 Å². The number of aryl methyl sites for hydroxylation is 1. The Morgan fingerprint density at radius 3 is 2.21 bits per heavy atom. The summed E-state index contributed by atoms with van der Waals surface area (Å²) in [6.07, 6.45) is 11.0. The minimum atomic E-state index is 0.139. The molecule has 2 heteroatoms. The second-order valence-electron chi connectivity index (χ2n) is 8.56. The van der Waals surface area contributed by atoms with Crippen LogP contribution in [-0.2, 0) is 0 Å². The summed E-state index contributed by atoms with van der Waals surface area (Å²) in [7, 11) is 0. The number of aromatic amines is 1. The molecule has 1 unspecified atom stereocenters. The summed E-state index contributed by atoms with van der Waals surface area (Å²) in [6.45, 7) is 4.30. The molecular formula is C31H28N2. The molecular weight excluding hydrogens is 400 g/mol. The van der Waals surface area contributed by atoms with Gasteiger partial charge in [0.2, 0.25) is 0 Å². The lowest BCUT2D eigenvalue weighted by atomic mass is 9.91. The predicted octanol–water partition coefficient (Wildman–Crippen LogP) is 7.79. The van der Waals surface area contributed by atoms with Crippen molar-refractivity contribution in [2.75, 3.05) is 0 Å². The molecule has 1 aromatic heterocycles. The van der Waals surface area contributed by atoms with E-state index < -0.39 is 0 Å². The Bertz CT molecular complexity index is 1350. The molecule has 33 heavy (non-hydrogen) atoms. The summed E-state index contributed by atoms with van der Waals surface area (Å²) in [6, 6.07) is 30.0. The molecule has 0 saturated carbocycles. The number of H-pyrrole nitrogens is 1. The number of dihydropyridines is 1. The first-order chi connectivity index (χ1) is 16.2. The second-order valence-corrected chi connectivity index (χ2v) is 8.56. The van der Waals surface area contributed by atoms with Gasteiger partial charge < -0.3 is 10.3 Å². The van der Waals surface area contributed by atoms with E-state index in [4.69, 9.17) is 0 Å². The van der Waals surface area contributed by atoms with Gasteiger partial charge in [-0.15, -0.1) is 0 Å². The maximum Gasteiger partial charge on any atom is 0.0704 e. The molecule has 1 atom stereocenters. The molecule has 0 fully saturated rings. The van der Waals surface area contributed by atoms with E-state index >= 15 is 0 Å². The maximum atomic E-state index is 3.62. The standard InChI is InChI=1S/C31H28N2/c1-22-18-30(32-20-22)27-14-8-6-12-25(27)16-17-26-13-7-9-15-28(26)31-19-23(2)29(21-33-31)24-10-4-3-5-11-24/h3-21,31-33H,1-2H3/b17-16+. The molecule has 1 aliphatic rings. The van der Waals surface area contributed by atoms with Crippen LogP contribution in [0.25, 0.3) is 29.0 Å². The number of allylic oxidation sites excluding steroid dienone is 2. The third-order valence-electron chi connectivity index (χ3n) is 6.19. The molecule has 3 aromatic carbocycles. The Balaban J connectivity index is 1.44. The fourth-order valence-electron chi connectivity index (χ4n) is 4.45. The molecule has 4 aromatic rings. The van der Waals surface area contributed by atoms with E-state index in [1.165, 1.54) is 44.5 Å². The van der Waals surface area contributed by atoms with E-state index in [0.717, 1.165) is 5.69 Å². The van der Waals surface area contributed by atoms with Crippen LogP contribution in [0.3, 0.4) is 0 Å². The van der Waals surface area contributed by atoms with Crippen molar-refractivity contribution in [3.63, 3.8) is 0 Å². The molecule has 0 amide bonds. The van der Waals surface area contributed by atoms with Crippen LogP contribution < -0.4 is 5.32 Å². The van der Waals surface area contributed by atoms with Gasteiger partial charge in [-0.2, -0.15) is 0 Å². The molecule has 5 rings (SSSR count). The molecule has 2 heterocycles. The highest BCUT2D eigenvalue weighted by molar-refractivity contribution is 5.82. The van der Waals surface area contributed by atoms with Crippen molar-refractivity contribution in [2.45, 2.75) is 19.9 Å². The van der Waals surface area contributed by atoms with Crippen molar-refractivity contribution in [1.82, 2.24) is 10.3 Å². The Morgan fingerprint density at radius 2 is 1.45 bits per heavy atom. The summed E-state index contributed by atoms with van der Waals surface area (Å²) in [4.78, 5) is 3.39. The van der Waals surface area contributed by atoms with E-state index in [1.807, 2.05) is 6.20 Å². The highest BCUT2D eigenvalue weighted by Crippen LogP contribution is 2.32. The van der Waals surface area contributed by atoms with Crippen molar-refractivity contribution in [1.29, 1.82) is 0 Å². The zero-order chi connectivity index (χ0) is 22.6. The normalized spacial score (nSPS) is 15.8. The highest BCUT2D eigenvalue weighted by atomic mass is 14.9. The molecule has 0 aliphatic carbocycles. The summed E-state index contributed by atoms with van der Waals surface area (Å²) < 4.78 is 0. The van der Waals surface area contributed by atoms with Gasteiger partial charge in [0.15, 0.2) is 0 Å². The Hall–Kier alpha value is -4.04. The van der Waals surface area contributed by atoms with Crippen LogP contribution in [0.15, 0.2) is 109 Å². The molecule has 162 valence electrons. The lowest BCUT2D eigenvalue weighted by molar-refractivity contribution is 0.741. The van der Waals surface area contributed by atoms with Crippen molar-refractivity contribution in [3.05, 3.63) is 137 Å². The van der Waals surface area contributed by atoms with Crippen molar-refractivity contribution >= 4 is 17.7 Å². The minimum Gasteiger partial charge on any atom is -0.380 e. The number of rotatable bonds is 5. The monoisotopic (exact) mass is 428 g/mol. The summed E-state index contributed by atoms with van der Waals surface area (Å²) in [5.41, 5.74) is 11.0. The van der Waals surface area contributed by atoms with E-state index in [0.29, 0.717) is 0 Å². The van der Waals surface area contributed by atoms with Gasteiger partial charge in [0.1, 0.15) is 0 Å². The summed E-state index contributed by atoms with van der Waals surface area (Å²) >= 11 is 0. The fraction of sp³-hybridized carbons (Fsp3) is 0.0968. The lowest BCUT2D eigenvalue weighted by Crippen LogP contribution is -2.19. The average Bonchev–Trinajstić information content (AvgIpc) is 3.29. The largest absolute Gasteiger partial charge is 0.380 e. The van der Waals surface area contributed by atoms with Crippen LogP contribution in [0, 0.1) is 6.92 Å². The number of aromatic nitrogens is 1. The topological polar surface area (TPSA) is 27.8 Å². The molecule has 0 spiro atoms. The predicted molar refractivity (Wildman–Crippen MR) is 140 cm³/mol. The van der Waals surface area contributed by atoms with Gasteiger partial charge in [0, 0.05) is 29.2 Å². The van der Waals surface area contributed by atoms with E-state index in [2.05, 4.69) is 134 Å². The lowest BCUT2D eigenvalue weighted by Gasteiger charge is -2.24. The quantitative estimate of drug-likeness (QED) is 0.312. The number of benzene rings is 3. The third kappa shape index (κ3) is 4.47. The number of nitrogens with one attached hydrogen (secondary N) is 2. The number of hydrogen-bond donors (Lipinski definition) is 2. The first-order valence-corrected chi connectivity index (χ1v) is 11.4. The molecule has 0 bridgehead atoms. The van der Waals surface area contributed by atoms with Gasteiger partial charge in [0.05, 0.1) is 6.04 Å². The zero-order valence-corrected chi connectivity index (χ0v) is 19.0. The van der Waals surface area contributed by atoms with Gasteiger partial charge in [0.25, 0.3) is 0 Å². The van der Waals surface area contributed by atoms with Crippen LogP contribution in [-0.4, -0.2) is 4.98 Å². The van der Waals surface area contributed by atoms with Crippen LogP contribution >= 0.6 is 0 Å². The van der Waals surface area contributed by atoms with Crippen LogP contribution in [0.4, 0.5) is 0 Å². The van der Waals surface area contributed by atoms with Gasteiger partial charge in [-0.1, -0.05) is 97.1 Å². The maximum absolute atomic E-state index is 3.62. The molecule has 0 radical (unpaired) electrons. The van der Waals surface area contributed by atoms with Gasteiger partial charge in [-0.25, -0.2) is 0 Å².